The van der Waals surface area contributed by atoms with Gasteiger partial charge in [0.25, 0.3) is 5.91 Å². The zero-order chi connectivity index (χ0) is 19.1. The first-order chi connectivity index (χ1) is 13.2. The molecule has 0 saturated heterocycles. The number of halogens is 1. The highest BCUT2D eigenvalue weighted by Gasteiger charge is 2.14. The van der Waals surface area contributed by atoms with Gasteiger partial charge in [-0.05, 0) is 42.8 Å². The van der Waals surface area contributed by atoms with Crippen molar-refractivity contribution in [2.24, 2.45) is 0 Å². The second-order valence-electron chi connectivity index (χ2n) is 5.52. The summed E-state index contributed by atoms with van der Waals surface area (Å²) in [7, 11) is 0. The molecule has 0 aliphatic rings. The van der Waals surface area contributed by atoms with Gasteiger partial charge < -0.3 is 10.1 Å². The molecule has 0 spiro atoms. The minimum absolute atomic E-state index is 0.135. The van der Waals surface area contributed by atoms with E-state index in [1.807, 2.05) is 49.4 Å². The van der Waals surface area contributed by atoms with E-state index in [9.17, 15) is 4.79 Å². The number of aromatic nitrogens is 2. The number of hydrogen-bond donors (Lipinski definition) is 1. The normalized spacial score (nSPS) is 10.4. The Labute approximate surface area is 167 Å². The molecule has 27 heavy (non-hydrogen) atoms. The van der Waals surface area contributed by atoms with Crippen molar-refractivity contribution in [1.29, 1.82) is 0 Å². The number of carbonyl (C=O) groups excluding carboxylic acids is 1. The van der Waals surface area contributed by atoms with Gasteiger partial charge in [-0.2, -0.15) is 0 Å². The Morgan fingerprint density at radius 1 is 1.19 bits per heavy atom. The van der Waals surface area contributed by atoms with Gasteiger partial charge in [-0.15, -0.1) is 11.8 Å². The molecule has 0 unspecified atom stereocenters. The quantitative estimate of drug-likeness (QED) is 0.561. The van der Waals surface area contributed by atoms with Crippen molar-refractivity contribution in [2.45, 2.75) is 17.7 Å². The summed E-state index contributed by atoms with van der Waals surface area (Å²) < 4.78 is 5.34. The lowest BCUT2D eigenvalue weighted by Gasteiger charge is -2.09. The number of rotatable bonds is 7. The maximum absolute atomic E-state index is 12.6. The van der Waals surface area contributed by atoms with Crippen molar-refractivity contribution >= 4 is 35.0 Å². The molecule has 0 aliphatic heterocycles. The van der Waals surface area contributed by atoms with Crippen LogP contribution in [0.5, 0.6) is 5.88 Å². The van der Waals surface area contributed by atoms with Crippen LogP contribution < -0.4 is 10.1 Å². The third kappa shape index (κ3) is 5.45. The van der Waals surface area contributed by atoms with Crippen LogP contribution in [0.25, 0.3) is 0 Å². The van der Waals surface area contributed by atoms with E-state index in [1.165, 1.54) is 0 Å². The van der Waals surface area contributed by atoms with Crippen LogP contribution in [-0.4, -0.2) is 22.5 Å². The van der Waals surface area contributed by atoms with Crippen molar-refractivity contribution in [2.75, 3.05) is 11.9 Å². The fourth-order valence-corrected chi connectivity index (χ4v) is 3.33. The molecule has 0 saturated carbocycles. The van der Waals surface area contributed by atoms with Crippen LogP contribution >= 0.6 is 23.4 Å². The van der Waals surface area contributed by atoms with Gasteiger partial charge in [0, 0.05) is 23.7 Å². The van der Waals surface area contributed by atoms with E-state index < -0.39 is 0 Å². The van der Waals surface area contributed by atoms with Crippen LogP contribution in [-0.2, 0) is 5.75 Å². The predicted molar refractivity (Wildman–Crippen MR) is 109 cm³/mol. The number of anilines is 1. The summed E-state index contributed by atoms with van der Waals surface area (Å²) in [6, 6.07) is 16.7. The summed E-state index contributed by atoms with van der Waals surface area (Å²) in [5, 5.41) is 4.07. The average molecular weight is 400 g/mol. The van der Waals surface area contributed by atoms with E-state index in [2.05, 4.69) is 15.3 Å². The molecule has 0 bridgehead atoms. The van der Waals surface area contributed by atoms with E-state index in [-0.39, 0.29) is 16.6 Å². The van der Waals surface area contributed by atoms with Gasteiger partial charge in [-0.1, -0.05) is 29.8 Å². The molecule has 1 N–H and O–H groups in total. The van der Waals surface area contributed by atoms with Crippen molar-refractivity contribution in [3.63, 3.8) is 0 Å². The number of amides is 1. The van der Waals surface area contributed by atoms with Crippen molar-refractivity contribution in [3.8, 4) is 5.88 Å². The summed E-state index contributed by atoms with van der Waals surface area (Å²) in [5.74, 6) is 0.739. The molecular weight excluding hydrogens is 382 g/mol. The van der Waals surface area contributed by atoms with Gasteiger partial charge in [0.2, 0.25) is 5.88 Å². The van der Waals surface area contributed by atoms with Crippen LogP contribution in [0.2, 0.25) is 5.02 Å². The third-order valence-electron chi connectivity index (χ3n) is 3.54. The predicted octanol–water partition coefficient (Wildman–Crippen LogP) is 5.07. The second-order valence-corrected chi connectivity index (χ2v) is 6.93. The fraction of sp³-hybridized carbons (Fsp3) is 0.150. The standard InChI is InChI=1S/C20H18ClN3O2S/c1-2-26-17-10-9-16(21)19(24-17)20(25)23-15-7-5-6-14(12-15)13-27-18-8-3-4-11-22-18/h3-12H,2,13H2,1H3,(H,23,25). The second kappa shape index (κ2) is 9.39. The van der Waals surface area contributed by atoms with Crippen molar-refractivity contribution < 1.29 is 9.53 Å². The zero-order valence-electron chi connectivity index (χ0n) is 14.7. The van der Waals surface area contributed by atoms with E-state index in [0.717, 1.165) is 16.3 Å². The Balaban J connectivity index is 1.68. The minimum Gasteiger partial charge on any atom is -0.478 e. The minimum atomic E-state index is -0.379. The third-order valence-corrected chi connectivity index (χ3v) is 4.86. The Morgan fingerprint density at radius 3 is 2.85 bits per heavy atom. The largest absolute Gasteiger partial charge is 0.478 e. The first-order valence-corrected chi connectivity index (χ1v) is 9.75. The zero-order valence-corrected chi connectivity index (χ0v) is 16.3. The van der Waals surface area contributed by atoms with E-state index in [0.29, 0.717) is 18.2 Å². The maximum Gasteiger partial charge on any atom is 0.275 e. The number of thioether (sulfide) groups is 1. The van der Waals surface area contributed by atoms with Gasteiger partial charge in [-0.25, -0.2) is 9.97 Å². The van der Waals surface area contributed by atoms with Gasteiger partial charge in [0.15, 0.2) is 5.69 Å². The SMILES string of the molecule is CCOc1ccc(Cl)c(C(=O)Nc2cccc(CSc3ccccn3)c2)n1. The molecule has 3 aromatic rings. The number of carbonyl (C=O) groups is 1. The molecule has 1 aromatic carbocycles. The molecule has 0 radical (unpaired) electrons. The Kier molecular flexibility index (Phi) is 6.68. The molecule has 2 heterocycles. The monoisotopic (exact) mass is 399 g/mol. The highest BCUT2D eigenvalue weighted by molar-refractivity contribution is 7.98. The number of nitrogens with zero attached hydrogens (tertiary/aromatic N) is 2. The van der Waals surface area contributed by atoms with Crippen LogP contribution in [0, 0.1) is 0 Å². The Hall–Kier alpha value is -2.57. The summed E-state index contributed by atoms with van der Waals surface area (Å²) in [4.78, 5) is 21.0. The molecule has 2 aromatic heterocycles. The van der Waals surface area contributed by atoms with E-state index in [1.54, 1.807) is 30.1 Å². The molecule has 3 rings (SSSR count). The summed E-state index contributed by atoms with van der Waals surface area (Å²) in [5.41, 5.74) is 1.89. The first kappa shape index (κ1) is 19.2. The van der Waals surface area contributed by atoms with E-state index in [4.69, 9.17) is 16.3 Å². The Bertz CT molecular complexity index is 922. The number of pyridine rings is 2. The molecule has 5 nitrogen and oxygen atoms in total. The van der Waals surface area contributed by atoms with Gasteiger partial charge in [0.05, 0.1) is 16.7 Å². The molecule has 138 valence electrons. The van der Waals surface area contributed by atoms with Gasteiger partial charge >= 0.3 is 0 Å². The van der Waals surface area contributed by atoms with E-state index >= 15 is 0 Å². The molecule has 0 aliphatic carbocycles. The summed E-state index contributed by atoms with van der Waals surface area (Å²) in [6.45, 7) is 2.32. The molecule has 7 heteroatoms. The summed E-state index contributed by atoms with van der Waals surface area (Å²) >= 11 is 7.75. The van der Waals surface area contributed by atoms with Gasteiger partial charge in [0.1, 0.15) is 0 Å². The average Bonchev–Trinajstić information content (AvgIpc) is 2.69. The van der Waals surface area contributed by atoms with Crippen molar-refractivity contribution in [1.82, 2.24) is 9.97 Å². The maximum atomic E-state index is 12.6. The Morgan fingerprint density at radius 2 is 2.07 bits per heavy atom. The topological polar surface area (TPSA) is 64.1 Å². The lowest BCUT2D eigenvalue weighted by Crippen LogP contribution is -2.15. The molecular formula is C20H18ClN3O2S. The first-order valence-electron chi connectivity index (χ1n) is 8.39. The lowest BCUT2D eigenvalue weighted by atomic mass is 10.2. The number of benzene rings is 1. The fourth-order valence-electron chi connectivity index (χ4n) is 2.33. The smallest absolute Gasteiger partial charge is 0.275 e. The van der Waals surface area contributed by atoms with Crippen LogP contribution in [0.4, 0.5) is 5.69 Å². The number of nitrogens with one attached hydrogen (secondary N) is 1. The summed E-state index contributed by atoms with van der Waals surface area (Å²) in [6.07, 6.45) is 1.77. The van der Waals surface area contributed by atoms with Gasteiger partial charge in [-0.3, -0.25) is 4.79 Å². The van der Waals surface area contributed by atoms with Crippen molar-refractivity contribution in [3.05, 3.63) is 77.1 Å². The highest BCUT2D eigenvalue weighted by atomic mass is 35.5. The highest BCUT2D eigenvalue weighted by Crippen LogP contribution is 2.23. The molecule has 0 atom stereocenters. The number of hydrogen-bond acceptors (Lipinski definition) is 5. The molecule has 1 amide bonds. The van der Waals surface area contributed by atoms with Crippen LogP contribution in [0.15, 0.2) is 65.8 Å². The number of ether oxygens (including phenoxy) is 1. The lowest BCUT2D eigenvalue weighted by molar-refractivity contribution is 0.102. The van der Waals surface area contributed by atoms with Crippen LogP contribution in [0.3, 0.4) is 0 Å². The molecule has 0 fully saturated rings. The van der Waals surface area contributed by atoms with Crippen LogP contribution in [0.1, 0.15) is 23.0 Å².